The van der Waals surface area contributed by atoms with Crippen LogP contribution in [0.4, 0.5) is 0 Å². The third-order valence-electron chi connectivity index (χ3n) is 11.1. The summed E-state index contributed by atoms with van der Waals surface area (Å²) in [5.41, 5.74) is 7.95. The number of nitrogens with zero attached hydrogens (tertiary/aromatic N) is 4. The molecule has 1 aliphatic rings. The molecule has 1 aromatic heterocycles. The number of aliphatic hydroxyl groups excluding tert-OH is 1. The number of ether oxygens (including phenoxy) is 2. The van der Waals surface area contributed by atoms with E-state index in [9.17, 15) is 18.3 Å². The van der Waals surface area contributed by atoms with Crippen LogP contribution in [0.3, 0.4) is 0 Å². The summed E-state index contributed by atoms with van der Waals surface area (Å²) >= 11 is 1.52. The van der Waals surface area contributed by atoms with Crippen molar-refractivity contribution in [3.8, 4) is 16.8 Å². The van der Waals surface area contributed by atoms with E-state index in [2.05, 4.69) is 32.5 Å². The summed E-state index contributed by atoms with van der Waals surface area (Å²) in [6, 6.07) is 48.2. The van der Waals surface area contributed by atoms with E-state index in [1.807, 2.05) is 140 Å². The number of sulfonamides is 1. The average Bonchev–Trinajstić information content (AvgIpc) is 3.80. The zero-order chi connectivity index (χ0) is 43.8. The SMILES string of the molecule is Cc1ccc(S(=O)(=O)N[C@H](Cc2ccccc2)C(=O)NCc2ccccc2-c2ccc([C@H]3O[C@@H](CSc4nnnn4-c4ccccc4)[C@@H](C)[C@@H](c4ccc(CO)cc4)O3)cc2)cc1. The van der Waals surface area contributed by atoms with Gasteiger partial charge in [0.25, 0.3) is 0 Å². The van der Waals surface area contributed by atoms with Gasteiger partial charge in [0.1, 0.15) is 6.04 Å². The Morgan fingerprint density at radius 2 is 1.46 bits per heavy atom. The molecule has 8 rings (SSSR count). The number of aliphatic hydroxyl groups is 1. The summed E-state index contributed by atoms with van der Waals surface area (Å²) in [6.45, 7) is 4.13. The molecule has 1 saturated heterocycles. The summed E-state index contributed by atoms with van der Waals surface area (Å²) in [7, 11) is -3.99. The minimum absolute atomic E-state index is 0.0404. The molecule has 63 heavy (non-hydrogen) atoms. The number of carbonyl (C=O) groups is 1. The molecule has 3 N–H and O–H groups in total. The molecule has 0 saturated carbocycles. The molecule has 7 aromatic rings. The van der Waals surface area contributed by atoms with E-state index in [0.29, 0.717) is 10.9 Å². The lowest BCUT2D eigenvalue weighted by atomic mass is 9.91. The van der Waals surface area contributed by atoms with E-state index >= 15 is 0 Å². The number of aromatic nitrogens is 4. The predicted molar refractivity (Wildman–Crippen MR) is 242 cm³/mol. The van der Waals surface area contributed by atoms with Gasteiger partial charge in [0.05, 0.1) is 29.4 Å². The zero-order valence-electron chi connectivity index (χ0n) is 34.8. The van der Waals surface area contributed by atoms with E-state index in [-0.39, 0.29) is 42.6 Å². The first-order chi connectivity index (χ1) is 30.6. The Labute approximate surface area is 371 Å². The fourth-order valence-corrected chi connectivity index (χ4v) is 9.81. The fourth-order valence-electron chi connectivity index (χ4n) is 7.56. The Balaban J connectivity index is 0.994. The monoisotopic (exact) mass is 880 g/mol. The molecule has 0 unspecified atom stereocenters. The van der Waals surface area contributed by atoms with Crippen molar-refractivity contribution in [2.75, 3.05) is 5.75 Å². The van der Waals surface area contributed by atoms with Crippen molar-refractivity contribution in [2.24, 2.45) is 5.92 Å². The highest BCUT2D eigenvalue weighted by molar-refractivity contribution is 7.99. The average molecular weight is 881 g/mol. The molecule has 2 heterocycles. The third kappa shape index (κ3) is 10.6. The Morgan fingerprint density at radius 3 is 2.17 bits per heavy atom. The lowest BCUT2D eigenvalue weighted by molar-refractivity contribution is -0.268. The second-order valence-corrected chi connectivity index (χ2v) is 18.2. The largest absolute Gasteiger partial charge is 0.392 e. The Kier molecular flexibility index (Phi) is 13.9. The van der Waals surface area contributed by atoms with Gasteiger partial charge in [-0.25, -0.2) is 8.42 Å². The molecule has 1 amide bonds. The minimum atomic E-state index is -3.99. The van der Waals surface area contributed by atoms with Crippen LogP contribution in [0.25, 0.3) is 16.8 Å². The quantitative estimate of drug-likeness (QED) is 0.0815. The molecule has 14 heteroatoms. The highest BCUT2D eigenvalue weighted by atomic mass is 32.2. The maximum Gasteiger partial charge on any atom is 0.241 e. The number of para-hydroxylation sites is 1. The van der Waals surface area contributed by atoms with Crippen molar-refractivity contribution in [1.29, 1.82) is 0 Å². The van der Waals surface area contributed by atoms with Crippen molar-refractivity contribution in [1.82, 2.24) is 30.2 Å². The van der Waals surface area contributed by atoms with Gasteiger partial charge >= 0.3 is 0 Å². The molecule has 0 spiro atoms. The maximum absolute atomic E-state index is 13.9. The van der Waals surface area contributed by atoms with Gasteiger partial charge in [0.15, 0.2) is 6.29 Å². The van der Waals surface area contributed by atoms with Gasteiger partial charge in [0, 0.05) is 23.8 Å². The molecule has 322 valence electrons. The first kappa shape index (κ1) is 43.6. The van der Waals surface area contributed by atoms with Crippen LogP contribution in [-0.4, -0.2) is 57.5 Å². The van der Waals surface area contributed by atoms with Crippen molar-refractivity contribution in [3.05, 3.63) is 191 Å². The van der Waals surface area contributed by atoms with Gasteiger partial charge in [-0.05, 0) is 81.4 Å². The maximum atomic E-state index is 13.9. The molecule has 1 fully saturated rings. The van der Waals surface area contributed by atoms with Crippen molar-refractivity contribution < 1.29 is 27.8 Å². The second kappa shape index (κ2) is 20.0. The Morgan fingerprint density at radius 1 is 0.794 bits per heavy atom. The molecule has 0 bridgehead atoms. The van der Waals surface area contributed by atoms with Gasteiger partial charge < -0.3 is 19.9 Å². The van der Waals surface area contributed by atoms with Crippen LogP contribution in [0.5, 0.6) is 0 Å². The summed E-state index contributed by atoms with van der Waals surface area (Å²) in [4.78, 5) is 14.0. The molecule has 12 nitrogen and oxygen atoms in total. The van der Waals surface area contributed by atoms with Crippen LogP contribution in [0.2, 0.25) is 0 Å². The van der Waals surface area contributed by atoms with E-state index in [1.54, 1.807) is 16.8 Å². The lowest BCUT2D eigenvalue weighted by Gasteiger charge is -2.41. The van der Waals surface area contributed by atoms with E-state index in [1.165, 1.54) is 23.9 Å². The van der Waals surface area contributed by atoms with Gasteiger partial charge in [-0.3, -0.25) is 4.79 Å². The molecule has 1 aliphatic heterocycles. The normalized spacial score (nSPS) is 18.1. The van der Waals surface area contributed by atoms with Crippen molar-refractivity contribution >= 4 is 27.7 Å². The summed E-state index contributed by atoms with van der Waals surface area (Å²) in [5, 5.41) is 25.8. The Hall–Kier alpha value is -6.00. The Bertz CT molecular complexity index is 2700. The molecule has 0 aliphatic carbocycles. The number of nitrogens with one attached hydrogen (secondary N) is 2. The number of hydrogen-bond acceptors (Lipinski definition) is 10. The topological polar surface area (TPSA) is 158 Å². The van der Waals surface area contributed by atoms with Crippen molar-refractivity contribution in [2.45, 2.75) is 68.0 Å². The first-order valence-electron chi connectivity index (χ1n) is 20.7. The summed E-state index contributed by atoms with van der Waals surface area (Å²) in [6.07, 6.45) is -1.06. The summed E-state index contributed by atoms with van der Waals surface area (Å²) < 4.78 is 44.8. The third-order valence-corrected chi connectivity index (χ3v) is 13.6. The molecular weight excluding hydrogens is 833 g/mol. The van der Waals surface area contributed by atoms with Gasteiger partial charge in [-0.2, -0.15) is 9.40 Å². The molecule has 0 radical (unpaired) electrons. The molecular formula is C49H48N6O6S2. The zero-order valence-corrected chi connectivity index (χ0v) is 36.5. The van der Waals surface area contributed by atoms with E-state index in [4.69, 9.17) is 9.47 Å². The number of amides is 1. The molecule has 6 aromatic carbocycles. The molecule has 5 atom stereocenters. The van der Waals surface area contributed by atoms with Crippen LogP contribution < -0.4 is 10.0 Å². The number of carbonyl (C=O) groups excluding carboxylic acids is 1. The number of rotatable bonds is 16. The predicted octanol–water partition coefficient (Wildman–Crippen LogP) is 7.92. The van der Waals surface area contributed by atoms with Crippen LogP contribution in [-0.2, 0) is 43.9 Å². The van der Waals surface area contributed by atoms with Crippen LogP contribution in [0.1, 0.15) is 52.7 Å². The highest BCUT2D eigenvalue weighted by Gasteiger charge is 2.39. The van der Waals surface area contributed by atoms with Crippen LogP contribution in [0.15, 0.2) is 168 Å². The second-order valence-electron chi connectivity index (χ2n) is 15.5. The summed E-state index contributed by atoms with van der Waals surface area (Å²) in [5.74, 6) is 0.0858. The van der Waals surface area contributed by atoms with Crippen molar-refractivity contribution in [3.63, 3.8) is 0 Å². The van der Waals surface area contributed by atoms with Crippen LogP contribution in [0, 0.1) is 12.8 Å². The fraction of sp³-hybridized carbons (Fsp3) is 0.224. The van der Waals surface area contributed by atoms with Gasteiger partial charge in [-0.15, -0.1) is 5.10 Å². The number of thioether (sulfide) groups is 1. The van der Waals surface area contributed by atoms with Gasteiger partial charge in [-0.1, -0.05) is 158 Å². The van der Waals surface area contributed by atoms with E-state index in [0.717, 1.165) is 50.2 Å². The minimum Gasteiger partial charge on any atom is -0.392 e. The lowest BCUT2D eigenvalue weighted by Crippen LogP contribution is -2.47. The smallest absolute Gasteiger partial charge is 0.241 e. The number of benzene rings is 6. The first-order valence-corrected chi connectivity index (χ1v) is 23.2. The van der Waals surface area contributed by atoms with E-state index < -0.39 is 28.3 Å². The standard InChI is InChI=1S/C49H48N6O6S2/c1-33-17-27-42(28-18-33)63(58,59)52-44(29-35-11-5-3-6-12-35)47(57)50-30-40-13-9-10-16-43(40)37-23-25-39(26-24-37)48-60-45(34(2)46(61-48)38-21-19-36(31-56)20-22-38)32-62-49-51-53-54-55(49)41-14-7-4-8-15-41/h3-28,34,44-46,48,52,56H,29-32H2,1-2H3,(H,50,57)/t34-,44-,45+,46+,48+/m1/s1. The number of hydrogen-bond donors (Lipinski definition) is 3. The number of tetrazole rings is 1. The van der Waals surface area contributed by atoms with Gasteiger partial charge in [0.2, 0.25) is 21.1 Å². The highest BCUT2D eigenvalue weighted by Crippen LogP contribution is 2.43. The van der Waals surface area contributed by atoms with Crippen LogP contribution >= 0.6 is 11.8 Å². The number of aryl methyl sites for hydroxylation is 1.